The highest BCUT2D eigenvalue weighted by Gasteiger charge is 2.75. The number of carbonyl (C=O) groups excluding carboxylic acids is 4. The Hall–Kier alpha value is -2.34. The fraction of sp³-hybridized carbons (Fsp3) is 0.721. The van der Waals surface area contributed by atoms with E-state index in [1.54, 1.807) is 25.2 Å². The maximum absolute atomic E-state index is 16.9. The maximum Gasteiger partial charge on any atom is 0.190 e. The molecule has 296 valence electrons. The number of alkyl halides is 2. The number of allylic oxidation sites excluding steroid dienone is 8. The van der Waals surface area contributed by atoms with E-state index in [1.165, 1.54) is 12.2 Å². The summed E-state index contributed by atoms with van der Waals surface area (Å²) in [7, 11) is 0. The molecule has 0 aromatic heterocycles. The predicted molar refractivity (Wildman–Crippen MR) is 199 cm³/mol. The Morgan fingerprint density at radius 1 is 0.852 bits per heavy atom. The van der Waals surface area contributed by atoms with E-state index in [0.717, 1.165) is 30.4 Å². The molecule has 6 fully saturated rings. The molecule has 0 aromatic rings. The molecular weight excluding hydrogens is 715 g/mol. The van der Waals surface area contributed by atoms with Gasteiger partial charge in [0.1, 0.15) is 17.8 Å². The van der Waals surface area contributed by atoms with E-state index in [4.69, 9.17) is 11.6 Å². The van der Waals surface area contributed by atoms with Crippen LogP contribution in [0.15, 0.2) is 47.6 Å². The summed E-state index contributed by atoms with van der Waals surface area (Å²) in [6.07, 6.45) is 12.4. The predicted octanol–water partition coefficient (Wildman–Crippen LogP) is 4.70. The Morgan fingerprint density at radius 2 is 1.48 bits per heavy atom. The highest BCUT2D eigenvalue weighted by Crippen LogP contribution is 2.71. The molecule has 0 aliphatic heterocycles. The van der Waals surface area contributed by atoms with E-state index in [2.05, 4.69) is 6.92 Å². The van der Waals surface area contributed by atoms with E-state index < -0.39 is 69.4 Å². The topological polar surface area (TPSA) is 169 Å². The first-order valence-corrected chi connectivity index (χ1v) is 20.3. The van der Waals surface area contributed by atoms with Crippen LogP contribution < -0.4 is 0 Å². The Morgan fingerprint density at radius 3 is 2.13 bits per heavy atom. The highest BCUT2D eigenvalue weighted by atomic mass is 35.5. The van der Waals surface area contributed by atoms with Crippen molar-refractivity contribution in [2.75, 3.05) is 12.5 Å². The number of carbonyl (C=O) groups is 4. The van der Waals surface area contributed by atoms with Gasteiger partial charge in [-0.2, -0.15) is 0 Å². The van der Waals surface area contributed by atoms with Crippen molar-refractivity contribution in [1.82, 2.24) is 0 Å². The Kier molecular flexibility index (Phi) is 9.48. The summed E-state index contributed by atoms with van der Waals surface area (Å²) in [6.45, 7) is 8.72. The molecule has 6 saturated carbocycles. The molecule has 5 N–H and O–H groups in total. The van der Waals surface area contributed by atoms with Crippen molar-refractivity contribution in [1.29, 1.82) is 0 Å². The van der Waals surface area contributed by atoms with E-state index in [-0.39, 0.29) is 58.9 Å². The fourth-order valence-corrected chi connectivity index (χ4v) is 14.4. The molecule has 8 aliphatic carbocycles. The van der Waals surface area contributed by atoms with Gasteiger partial charge in [-0.15, -0.1) is 11.6 Å². The number of hydrogen-bond acceptors (Lipinski definition) is 9. The summed E-state index contributed by atoms with van der Waals surface area (Å²) in [4.78, 5) is 48.7. The van der Waals surface area contributed by atoms with Crippen molar-refractivity contribution in [3.05, 3.63) is 47.6 Å². The number of rotatable bonds is 4. The Balaban J connectivity index is 0.000000167. The molecule has 11 heteroatoms. The lowest BCUT2D eigenvalue weighted by Crippen LogP contribution is -2.69. The normalized spacial score (nSPS) is 51.3. The molecule has 8 rings (SSSR count). The molecule has 0 heterocycles. The molecule has 0 bridgehead atoms. The second-order valence-electron chi connectivity index (χ2n) is 18.9. The number of ketones is 4. The number of hydrogen-bond donors (Lipinski definition) is 5. The molecule has 0 spiro atoms. The molecule has 0 saturated heterocycles. The zero-order chi connectivity index (χ0) is 39.6. The van der Waals surface area contributed by atoms with Gasteiger partial charge in [0.2, 0.25) is 0 Å². The zero-order valence-corrected chi connectivity index (χ0v) is 32.7. The summed E-state index contributed by atoms with van der Waals surface area (Å²) in [5, 5.41) is 54.3. The molecule has 0 unspecified atom stereocenters. The van der Waals surface area contributed by atoms with Gasteiger partial charge in [0.15, 0.2) is 28.8 Å². The van der Waals surface area contributed by atoms with E-state index in [0.29, 0.717) is 32.1 Å². The second-order valence-corrected chi connectivity index (χ2v) is 19.2. The van der Waals surface area contributed by atoms with Gasteiger partial charge in [0, 0.05) is 33.5 Å². The van der Waals surface area contributed by atoms with Crippen LogP contribution in [0.25, 0.3) is 0 Å². The van der Waals surface area contributed by atoms with Crippen LogP contribution in [0.2, 0.25) is 0 Å². The van der Waals surface area contributed by atoms with Crippen molar-refractivity contribution in [2.24, 2.45) is 57.2 Å². The van der Waals surface area contributed by atoms with Crippen molar-refractivity contribution >= 4 is 34.7 Å². The van der Waals surface area contributed by atoms with Crippen molar-refractivity contribution < 1.29 is 49.1 Å². The zero-order valence-electron chi connectivity index (χ0n) is 32.0. The number of halogens is 2. The summed E-state index contributed by atoms with van der Waals surface area (Å²) >= 11 is 5.81. The third kappa shape index (κ3) is 4.92. The lowest BCUT2D eigenvalue weighted by molar-refractivity contribution is -0.218. The molecular formula is C43H56ClFO9. The van der Waals surface area contributed by atoms with Gasteiger partial charge in [0.05, 0.1) is 18.1 Å². The molecule has 15 atom stereocenters. The van der Waals surface area contributed by atoms with Crippen molar-refractivity contribution in [3.8, 4) is 0 Å². The Labute approximate surface area is 321 Å². The monoisotopic (exact) mass is 770 g/mol. The smallest absolute Gasteiger partial charge is 0.190 e. The first-order valence-electron chi connectivity index (χ1n) is 19.8. The average Bonchev–Trinajstić information content (AvgIpc) is 3.51. The van der Waals surface area contributed by atoms with Gasteiger partial charge in [-0.05, 0) is 113 Å². The molecule has 54 heavy (non-hydrogen) atoms. The maximum atomic E-state index is 16.9. The Bertz CT molecular complexity index is 1790. The van der Waals surface area contributed by atoms with Crippen molar-refractivity contribution in [2.45, 2.75) is 121 Å². The van der Waals surface area contributed by atoms with Crippen molar-refractivity contribution in [3.63, 3.8) is 0 Å². The van der Waals surface area contributed by atoms with Gasteiger partial charge >= 0.3 is 0 Å². The van der Waals surface area contributed by atoms with Gasteiger partial charge < -0.3 is 25.5 Å². The molecule has 0 amide bonds. The van der Waals surface area contributed by atoms with Crippen LogP contribution in [-0.4, -0.2) is 90.2 Å². The van der Waals surface area contributed by atoms with E-state index >= 15 is 4.39 Å². The minimum atomic E-state index is -1.95. The van der Waals surface area contributed by atoms with Crippen LogP contribution in [0.4, 0.5) is 4.39 Å². The van der Waals surface area contributed by atoms with Gasteiger partial charge in [0.25, 0.3) is 0 Å². The first-order chi connectivity index (χ1) is 25.1. The van der Waals surface area contributed by atoms with Crippen LogP contribution in [0.5, 0.6) is 0 Å². The van der Waals surface area contributed by atoms with Crippen LogP contribution in [0.1, 0.15) is 92.4 Å². The number of aliphatic hydroxyl groups is 5. The fourth-order valence-electron chi connectivity index (χ4n) is 14.2. The minimum absolute atomic E-state index is 0.00912. The summed E-state index contributed by atoms with van der Waals surface area (Å²) in [5.41, 5.74) is -6.45. The van der Waals surface area contributed by atoms with E-state index in [1.807, 2.05) is 26.8 Å². The summed E-state index contributed by atoms with van der Waals surface area (Å²) in [6, 6.07) is 0. The summed E-state index contributed by atoms with van der Waals surface area (Å²) < 4.78 is 16.9. The van der Waals surface area contributed by atoms with Crippen LogP contribution >= 0.6 is 11.6 Å². The number of fused-ring (bicyclic) bond motifs is 10. The highest BCUT2D eigenvalue weighted by molar-refractivity contribution is 6.29. The van der Waals surface area contributed by atoms with Crippen LogP contribution in [0.3, 0.4) is 0 Å². The minimum Gasteiger partial charge on any atom is -0.393 e. The standard InChI is InChI=1S/C22H28ClFO4.C21H28O5/c1-12-8-16-15-5-4-13-9-14(25)6-7-19(13,2)21(15,24)17(26)10-20(16,3)22(12,28)18(27)11-23;1-19-7-5-13(23)9-12(19)3-4-14-15-6-8-21(26,17(25)11-22)20(15,2)10-16(24)18(14)19/h6-7,9,12,15-17,26,28H,4-5,8,10-11H2,1-3H3;5,7,9,14-16,18,22,24,26H,3-4,6,8,10-11H2,1-2H3/t12-,15-,16-,17-,19-,20-,21-,22-;14-,15-,16-,18+,19-,20-,21-/m00/s1. The van der Waals surface area contributed by atoms with Gasteiger partial charge in [-0.3, -0.25) is 19.2 Å². The molecule has 0 aromatic carbocycles. The van der Waals surface area contributed by atoms with E-state index in [9.17, 15) is 44.7 Å². The largest absolute Gasteiger partial charge is 0.393 e. The first kappa shape index (κ1) is 39.9. The van der Waals surface area contributed by atoms with Gasteiger partial charge in [-0.25, -0.2) is 4.39 Å². The summed E-state index contributed by atoms with van der Waals surface area (Å²) in [5.74, 6) is -2.26. The third-order valence-corrected chi connectivity index (χ3v) is 17.3. The number of Topliss-reactive ketones (excluding diaryl/α,β-unsaturated/α-hetero) is 2. The molecule has 9 nitrogen and oxygen atoms in total. The second kappa shape index (κ2) is 12.8. The van der Waals surface area contributed by atoms with Gasteiger partial charge in [-0.1, -0.05) is 51.0 Å². The number of aliphatic hydroxyl groups excluding tert-OH is 3. The SMILES string of the molecule is C[C@H]1C[C@H]2[C@@H]3CCC4=CC(=O)C=C[C@]4(C)[C@@]3(F)[C@@H](O)C[C@]2(C)[C@@]1(O)C(=O)CCl.C[C@]12C=CC(=O)C=C1CC[C@@H]1[C@@H]2[C@@H](O)C[C@@]2(C)[C@H]1CC[C@]2(O)C(=O)CO. The van der Waals surface area contributed by atoms with Crippen LogP contribution in [0, 0.1) is 57.2 Å². The van der Waals surface area contributed by atoms with Crippen LogP contribution in [-0.2, 0) is 19.2 Å². The third-order valence-electron chi connectivity index (χ3n) is 17.0. The quantitative estimate of drug-likeness (QED) is 0.255. The molecule has 8 aliphatic rings. The average molecular weight is 771 g/mol. The lowest BCUT2D eigenvalue weighted by atomic mass is 9.44. The lowest BCUT2D eigenvalue weighted by Gasteiger charge is -2.62. The molecule has 0 radical (unpaired) electrons.